The molecule has 0 amide bonds. The molecule has 104 valence electrons. The number of nitrogens with two attached hydrogens (primary N) is 1. The third-order valence-electron chi connectivity index (χ3n) is 2.97. The van der Waals surface area contributed by atoms with Crippen molar-refractivity contribution < 1.29 is 13.9 Å². The first kappa shape index (κ1) is 12.6. The Labute approximate surface area is 114 Å². The molecule has 2 heterocycles. The zero-order valence-electron chi connectivity index (χ0n) is 10.8. The van der Waals surface area contributed by atoms with Crippen LogP contribution >= 0.6 is 0 Å². The number of ether oxygens (including phenoxy) is 2. The summed E-state index contributed by atoms with van der Waals surface area (Å²) in [6, 6.07) is 7.31. The summed E-state index contributed by atoms with van der Waals surface area (Å²) in [5.41, 5.74) is 2.41. The van der Waals surface area contributed by atoms with Gasteiger partial charge in [-0.3, -0.25) is 0 Å². The number of nitrogen functional groups attached to an aromatic ring is 1. The van der Waals surface area contributed by atoms with Crippen LogP contribution < -0.4 is 20.7 Å². The standard InChI is InChI=1S/C13H13FN4O2/c1-7-11(14)13(18-15)17-12(16-7)10-6-19-8-4-2-3-5-9(8)20-10/h2-5,10H,6,15H2,1H3,(H,16,17,18). The fraction of sp³-hybridized carbons (Fsp3) is 0.231. The van der Waals surface area contributed by atoms with Gasteiger partial charge in [-0.2, -0.15) is 0 Å². The minimum absolute atomic E-state index is 0.0602. The Balaban J connectivity index is 1.93. The molecule has 0 radical (unpaired) electrons. The van der Waals surface area contributed by atoms with Crippen LogP contribution in [0.25, 0.3) is 0 Å². The number of halogens is 1. The Morgan fingerprint density at radius 2 is 2.05 bits per heavy atom. The SMILES string of the molecule is Cc1nc(C2COc3ccccc3O2)nc(NN)c1F. The Kier molecular flexibility index (Phi) is 3.11. The fourth-order valence-corrected chi connectivity index (χ4v) is 1.97. The molecule has 1 aliphatic rings. The normalized spacial score (nSPS) is 16.9. The smallest absolute Gasteiger partial charge is 0.192 e. The van der Waals surface area contributed by atoms with Crippen molar-refractivity contribution in [2.45, 2.75) is 13.0 Å². The van der Waals surface area contributed by atoms with E-state index >= 15 is 0 Å². The maximum atomic E-state index is 13.6. The number of fused-ring (bicyclic) bond motifs is 1. The Morgan fingerprint density at radius 3 is 2.80 bits per heavy atom. The largest absolute Gasteiger partial charge is 0.485 e. The van der Waals surface area contributed by atoms with Crippen molar-refractivity contribution >= 4 is 5.82 Å². The number of hydrazine groups is 1. The second kappa shape index (κ2) is 4.93. The first-order valence-corrected chi connectivity index (χ1v) is 6.08. The molecule has 1 unspecified atom stereocenters. The van der Waals surface area contributed by atoms with Gasteiger partial charge in [0.05, 0.1) is 5.69 Å². The van der Waals surface area contributed by atoms with E-state index in [1.54, 1.807) is 13.0 Å². The van der Waals surface area contributed by atoms with E-state index in [9.17, 15) is 4.39 Å². The van der Waals surface area contributed by atoms with Gasteiger partial charge in [-0.25, -0.2) is 20.2 Å². The van der Waals surface area contributed by atoms with E-state index in [2.05, 4.69) is 15.4 Å². The quantitative estimate of drug-likeness (QED) is 0.642. The van der Waals surface area contributed by atoms with Crippen LogP contribution in [-0.2, 0) is 0 Å². The van der Waals surface area contributed by atoms with Crippen molar-refractivity contribution in [1.82, 2.24) is 9.97 Å². The van der Waals surface area contributed by atoms with Crippen molar-refractivity contribution in [2.75, 3.05) is 12.0 Å². The molecule has 0 saturated carbocycles. The highest BCUT2D eigenvalue weighted by atomic mass is 19.1. The highest BCUT2D eigenvalue weighted by Crippen LogP contribution is 2.35. The summed E-state index contributed by atoms with van der Waals surface area (Å²) in [6.45, 7) is 1.80. The van der Waals surface area contributed by atoms with E-state index in [0.717, 1.165) is 0 Å². The van der Waals surface area contributed by atoms with Gasteiger partial charge in [-0.05, 0) is 19.1 Å². The Morgan fingerprint density at radius 1 is 1.30 bits per heavy atom. The second-order valence-corrected chi connectivity index (χ2v) is 4.34. The van der Waals surface area contributed by atoms with Crippen molar-refractivity contribution in [3.05, 3.63) is 41.6 Å². The fourth-order valence-electron chi connectivity index (χ4n) is 1.97. The van der Waals surface area contributed by atoms with E-state index in [4.69, 9.17) is 15.3 Å². The van der Waals surface area contributed by atoms with Gasteiger partial charge in [0.1, 0.15) is 6.61 Å². The topological polar surface area (TPSA) is 82.3 Å². The third-order valence-corrected chi connectivity index (χ3v) is 2.97. The van der Waals surface area contributed by atoms with E-state index in [1.807, 2.05) is 18.2 Å². The minimum atomic E-state index is -0.576. The molecule has 0 fully saturated rings. The summed E-state index contributed by atoms with van der Waals surface area (Å²) < 4.78 is 25.0. The van der Waals surface area contributed by atoms with Crippen molar-refractivity contribution in [3.8, 4) is 11.5 Å². The van der Waals surface area contributed by atoms with Crippen LogP contribution in [0.4, 0.5) is 10.2 Å². The van der Waals surface area contributed by atoms with Crippen LogP contribution in [0, 0.1) is 12.7 Å². The van der Waals surface area contributed by atoms with Crippen molar-refractivity contribution in [3.63, 3.8) is 0 Å². The molecule has 0 spiro atoms. The number of para-hydroxylation sites is 2. The van der Waals surface area contributed by atoms with Gasteiger partial charge in [0.2, 0.25) is 0 Å². The molecule has 0 bridgehead atoms. The first-order chi connectivity index (χ1) is 9.69. The van der Waals surface area contributed by atoms with Crippen LogP contribution in [0.5, 0.6) is 11.5 Å². The predicted octanol–water partition coefficient (Wildman–Crippen LogP) is 1.72. The molecular formula is C13H13FN4O2. The van der Waals surface area contributed by atoms with E-state index in [0.29, 0.717) is 17.3 Å². The molecule has 0 aliphatic carbocycles. The average molecular weight is 276 g/mol. The maximum Gasteiger partial charge on any atom is 0.192 e. The first-order valence-electron chi connectivity index (χ1n) is 6.08. The molecule has 1 atom stereocenters. The van der Waals surface area contributed by atoms with Gasteiger partial charge in [-0.1, -0.05) is 12.1 Å². The van der Waals surface area contributed by atoms with Gasteiger partial charge in [0.25, 0.3) is 0 Å². The highest BCUT2D eigenvalue weighted by Gasteiger charge is 2.26. The number of aryl methyl sites for hydroxylation is 1. The zero-order valence-corrected chi connectivity index (χ0v) is 10.8. The van der Waals surface area contributed by atoms with E-state index in [1.165, 1.54) is 0 Å². The number of hydrogen-bond acceptors (Lipinski definition) is 6. The lowest BCUT2D eigenvalue weighted by Gasteiger charge is -2.25. The van der Waals surface area contributed by atoms with Gasteiger partial charge < -0.3 is 14.9 Å². The van der Waals surface area contributed by atoms with Crippen molar-refractivity contribution in [2.24, 2.45) is 5.84 Å². The van der Waals surface area contributed by atoms with Gasteiger partial charge in [0, 0.05) is 0 Å². The molecule has 20 heavy (non-hydrogen) atoms. The lowest BCUT2D eigenvalue weighted by molar-refractivity contribution is 0.0848. The number of benzene rings is 1. The summed E-state index contributed by atoms with van der Waals surface area (Å²) >= 11 is 0. The van der Waals surface area contributed by atoms with Crippen LogP contribution in [0.2, 0.25) is 0 Å². The second-order valence-electron chi connectivity index (χ2n) is 4.34. The molecule has 1 aromatic heterocycles. The number of aromatic nitrogens is 2. The summed E-state index contributed by atoms with van der Waals surface area (Å²) in [4.78, 5) is 8.11. The predicted molar refractivity (Wildman–Crippen MR) is 69.8 cm³/mol. The van der Waals surface area contributed by atoms with Gasteiger partial charge >= 0.3 is 0 Å². The molecule has 2 aromatic rings. The van der Waals surface area contributed by atoms with Crippen LogP contribution in [0.3, 0.4) is 0 Å². The van der Waals surface area contributed by atoms with Crippen LogP contribution in [-0.4, -0.2) is 16.6 Å². The monoisotopic (exact) mass is 276 g/mol. The van der Waals surface area contributed by atoms with Gasteiger partial charge in [0.15, 0.2) is 35.1 Å². The molecule has 1 aliphatic heterocycles. The Bertz CT molecular complexity index is 650. The van der Waals surface area contributed by atoms with E-state index in [-0.39, 0.29) is 18.1 Å². The number of nitrogens with zero attached hydrogens (tertiary/aromatic N) is 2. The van der Waals surface area contributed by atoms with Crippen LogP contribution in [0.1, 0.15) is 17.6 Å². The highest BCUT2D eigenvalue weighted by molar-refractivity contribution is 5.42. The van der Waals surface area contributed by atoms with Crippen molar-refractivity contribution in [1.29, 1.82) is 0 Å². The van der Waals surface area contributed by atoms with E-state index < -0.39 is 11.9 Å². The summed E-state index contributed by atoms with van der Waals surface area (Å²) in [5.74, 6) is 6.21. The lowest BCUT2D eigenvalue weighted by Crippen LogP contribution is -2.25. The molecule has 6 nitrogen and oxygen atoms in total. The summed E-state index contributed by atoms with van der Waals surface area (Å²) in [6.07, 6.45) is -0.503. The number of nitrogens with one attached hydrogen (secondary N) is 1. The summed E-state index contributed by atoms with van der Waals surface area (Å²) in [5, 5.41) is 0. The molecule has 1 aromatic carbocycles. The lowest BCUT2D eigenvalue weighted by atomic mass is 10.2. The molecule has 3 N–H and O–H groups in total. The molecule has 0 saturated heterocycles. The van der Waals surface area contributed by atoms with Crippen LogP contribution in [0.15, 0.2) is 24.3 Å². The number of anilines is 1. The van der Waals surface area contributed by atoms with Gasteiger partial charge in [-0.15, -0.1) is 0 Å². The maximum absolute atomic E-state index is 13.6. The molecular weight excluding hydrogens is 263 g/mol. The minimum Gasteiger partial charge on any atom is -0.485 e. The molecule has 7 heteroatoms. The third kappa shape index (κ3) is 2.12. The Hall–Kier alpha value is -2.41. The number of hydrogen-bond donors (Lipinski definition) is 2. The number of rotatable bonds is 2. The average Bonchev–Trinajstić information content (AvgIpc) is 2.49. The summed E-state index contributed by atoms with van der Waals surface area (Å²) in [7, 11) is 0. The zero-order chi connectivity index (χ0) is 14.1. The molecule has 3 rings (SSSR count).